The highest BCUT2D eigenvalue weighted by molar-refractivity contribution is 7.14. The van der Waals surface area contributed by atoms with Gasteiger partial charge in [-0.05, 0) is 42.2 Å². The van der Waals surface area contributed by atoms with Gasteiger partial charge in [-0.15, -0.1) is 11.3 Å². The summed E-state index contributed by atoms with van der Waals surface area (Å²) >= 11 is 1.37. The first-order valence-corrected chi connectivity index (χ1v) is 9.01. The molecule has 0 saturated carbocycles. The topological polar surface area (TPSA) is 42.0 Å². The Bertz CT molecular complexity index is 854. The SMILES string of the molecule is CC(C)Cc1ccc(-c2csc(NC(=O)c3ccc(F)cc3)n2)cc1. The maximum Gasteiger partial charge on any atom is 0.257 e. The normalized spacial score (nSPS) is 10.9. The zero-order chi connectivity index (χ0) is 17.8. The number of benzene rings is 2. The third-order valence-corrected chi connectivity index (χ3v) is 4.48. The van der Waals surface area contributed by atoms with E-state index in [0.717, 1.165) is 17.7 Å². The first-order chi connectivity index (χ1) is 12.0. The zero-order valence-corrected chi connectivity index (χ0v) is 14.9. The lowest BCUT2D eigenvalue weighted by Gasteiger charge is -2.05. The van der Waals surface area contributed by atoms with E-state index in [2.05, 4.69) is 48.4 Å². The van der Waals surface area contributed by atoms with Gasteiger partial charge in [0.05, 0.1) is 5.69 Å². The molecule has 1 N–H and O–H groups in total. The van der Waals surface area contributed by atoms with Crippen LogP contribution in [0.4, 0.5) is 9.52 Å². The van der Waals surface area contributed by atoms with Gasteiger partial charge < -0.3 is 0 Å². The summed E-state index contributed by atoms with van der Waals surface area (Å²) in [6.45, 7) is 4.40. The molecule has 5 heteroatoms. The van der Waals surface area contributed by atoms with Crippen LogP contribution >= 0.6 is 11.3 Å². The molecule has 3 rings (SSSR count). The summed E-state index contributed by atoms with van der Waals surface area (Å²) in [4.78, 5) is 16.6. The lowest BCUT2D eigenvalue weighted by Crippen LogP contribution is -2.11. The number of nitrogens with zero attached hydrogens (tertiary/aromatic N) is 1. The van der Waals surface area contributed by atoms with Crippen molar-refractivity contribution in [2.75, 3.05) is 5.32 Å². The molecular weight excluding hydrogens is 335 g/mol. The van der Waals surface area contributed by atoms with Gasteiger partial charge in [0.25, 0.3) is 5.91 Å². The fourth-order valence-corrected chi connectivity index (χ4v) is 3.23. The largest absolute Gasteiger partial charge is 0.298 e. The molecule has 0 fully saturated rings. The molecule has 0 bridgehead atoms. The van der Waals surface area contributed by atoms with E-state index >= 15 is 0 Å². The number of rotatable bonds is 5. The maximum absolute atomic E-state index is 12.9. The quantitative estimate of drug-likeness (QED) is 0.666. The van der Waals surface area contributed by atoms with Gasteiger partial charge in [-0.3, -0.25) is 10.1 Å². The summed E-state index contributed by atoms with van der Waals surface area (Å²) < 4.78 is 12.9. The van der Waals surface area contributed by atoms with Crippen LogP contribution in [0.15, 0.2) is 53.9 Å². The molecule has 1 amide bonds. The highest BCUT2D eigenvalue weighted by Crippen LogP contribution is 2.26. The van der Waals surface area contributed by atoms with Crippen molar-refractivity contribution in [1.29, 1.82) is 0 Å². The van der Waals surface area contributed by atoms with Crippen molar-refractivity contribution in [3.63, 3.8) is 0 Å². The molecule has 0 aliphatic carbocycles. The smallest absolute Gasteiger partial charge is 0.257 e. The van der Waals surface area contributed by atoms with Crippen LogP contribution in [-0.2, 0) is 6.42 Å². The molecule has 0 unspecified atom stereocenters. The molecule has 3 aromatic rings. The number of halogens is 1. The van der Waals surface area contributed by atoms with Crippen LogP contribution in [0.1, 0.15) is 29.8 Å². The lowest BCUT2D eigenvalue weighted by molar-refractivity contribution is 0.102. The van der Waals surface area contributed by atoms with Crippen molar-refractivity contribution in [1.82, 2.24) is 4.98 Å². The van der Waals surface area contributed by atoms with E-state index in [-0.39, 0.29) is 11.7 Å². The maximum atomic E-state index is 12.9. The monoisotopic (exact) mass is 354 g/mol. The van der Waals surface area contributed by atoms with E-state index in [1.165, 1.54) is 41.2 Å². The van der Waals surface area contributed by atoms with Gasteiger partial charge in [-0.1, -0.05) is 38.1 Å². The Hall–Kier alpha value is -2.53. The number of hydrogen-bond donors (Lipinski definition) is 1. The van der Waals surface area contributed by atoms with E-state index in [4.69, 9.17) is 0 Å². The van der Waals surface area contributed by atoms with Crippen LogP contribution in [0.3, 0.4) is 0 Å². The summed E-state index contributed by atoms with van der Waals surface area (Å²) in [5, 5.41) is 5.19. The highest BCUT2D eigenvalue weighted by atomic mass is 32.1. The molecule has 128 valence electrons. The average Bonchev–Trinajstić information content (AvgIpc) is 3.04. The minimum Gasteiger partial charge on any atom is -0.298 e. The second-order valence-corrected chi connectivity index (χ2v) is 7.15. The van der Waals surface area contributed by atoms with Gasteiger partial charge in [0.15, 0.2) is 5.13 Å². The number of thiazole rings is 1. The van der Waals surface area contributed by atoms with Crippen LogP contribution in [0.5, 0.6) is 0 Å². The van der Waals surface area contributed by atoms with E-state index in [9.17, 15) is 9.18 Å². The number of carbonyl (C=O) groups excluding carboxylic acids is 1. The molecule has 1 aromatic heterocycles. The number of hydrogen-bond acceptors (Lipinski definition) is 3. The molecule has 0 saturated heterocycles. The van der Waals surface area contributed by atoms with Gasteiger partial charge in [-0.2, -0.15) is 0 Å². The van der Waals surface area contributed by atoms with Gasteiger partial charge in [-0.25, -0.2) is 9.37 Å². The Morgan fingerprint density at radius 1 is 1.12 bits per heavy atom. The predicted octanol–water partition coefficient (Wildman–Crippen LogP) is 5.40. The van der Waals surface area contributed by atoms with Crippen molar-refractivity contribution >= 4 is 22.4 Å². The molecule has 3 nitrogen and oxygen atoms in total. The van der Waals surface area contributed by atoms with Crippen molar-refractivity contribution in [2.24, 2.45) is 5.92 Å². The second-order valence-electron chi connectivity index (χ2n) is 6.29. The average molecular weight is 354 g/mol. The molecule has 1 heterocycles. The van der Waals surface area contributed by atoms with Gasteiger partial charge in [0.1, 0.15) is 5.82 Å². The van der Waals surface area contributed by atoms with Crippen LogP contribution in [-0.4, -0.2) is 10.9 Å². The molecular formula is C20H19FN2OS. The van der Waals surface area contributed by atoms with Crippen molar-refractivity contribution in [3.8, 4) is 11.3 Å². The van der Waals surface area contributed by atoms with Crippen LogP contribution in [0.2, 0.25) is 0 Å². The molecule has 0 aliphatic heterocycles. The highest BCUT2D eigenvalue weighted by Gasteiger charge is 2.10. The summed E-state index contributed by atoms with van der Waals surface area (Å²) in [5.74, 6) is -0.0411. The third-order valence-electron chi connectivity index (χ3n) is 3.72. The third kappa shape index (κ3) is 4.51. The fraction of sp³-hybridized carbons (Fsp3) is 0.200. The molecule has 0 atom stereocenters. The Morgan fingerprint density at radius 2 is 1.80 bits per heavy atom. The summed E-state index contributed by atoms with van der Waals surface area (Å²) in [5.41, 5.74) is 3.55. The van der Waals surface area contributed by atoms with Crippen LogP contribution in [0.25, 0.3) is 11.3 Å². The standard InChI is InChI=1S/C20H19FN2OS/c1-13(2)11-14-3-5-15(6-4-14)18-12-25-20(22-18)23-19(24)16-7-9-17(21)10-8-16/h3-10,12-13H,11H2,1-2H3,(H,22,23,24). The Morgan fingerprint density at radius 3 is 2.44 bits per heavy atom. The van der Waals surface area contributed by atoms with E-state index < -0.39 is 0 Å². The first-order valence-electron chi connectivity index (χ1n) is 8.13. The summed E-state index contributed by atoms with van der Waals surface area (Å²) in [6.07, 6.45) is 1.05. The fourth-order valence-electron chi connectivity index (χ4n) is 2.52. The second kappa shape index (κ2) is 7.57. The minimum absolute atomic E-state index is 0.298. The Kier molecular flexibility index (Phi) is 5.24. The Balaban J connectivity index is 1.69. The number of amides is 1. The molecule has 0 spiro atoms. The van der Waals surface area contributed by atoms with E-state index in [1.807, 2.05) is 5.38 Å². The predicted molar refractivity (Wildman–Crippen MR) is 100 cm³/mol. The van der Waals surface area contributed by atoms with Gasteiger partial charge in [0.2, 0.25) is 0 Å². The first kappa shape index (κ1) is 17.3. The number of carbonyl (C=O) groups is 1. The summed E-state index contributed by atoms with van der Waals surface area (Å²) in [6, 6.07) is 13.8. The Labute approximate surface area is 150 Å². The van der Waals surface area contributed by atoms with Crippen molar-refractivity contribution < 1.29 is 9.18 Å². The number of nitrogens with one attached hydrogen (secondary N) is 1. The number of aromatic nitrogens is 1. The minimum atomic E-state index is -0.367. The van der Waals surface area contributed by atoms with E-state index in [1.54, 1.807) is 0 Å². The number of anilines is 1. The van der Waals surface area contributed by atoms with Crippen molar-refractivity contribution in [3.05, 3.63) is 70.9 Å². The van der Waals surface area contributed by atoms with Crippen LogP contribution in [0, 0.1) is 11.7 Å². The summed E-state index contributed by atoms with van der Waals surface area (Å²) in [7, 11) is 0. The van der Waals surface area contributed by atoms with Crippen molar-refractivity contribution in [2.45, 2.75) is 20.3 Å². The lowest BCUT2D eigenvalue weighted by atomic mass is 10.0. The van der Waals surface area contributed by atoms with Crippen LogP contribution < -0.4 is 5.32 Å². The molecule has 2 aromatic carbocycles. The van der Waals surface area contributed by atoms with E-state index in [0.29, 0.717) is 16.6 Å². The van der Waals surface area contributed by atoms with Gasteiger partial charge in [0, 0.05) is 16.5 Å². The molecule has 25 heavy (non-hydrogen) atoms. The molecule has 0 aliphatic rings. The molecule has 0 radical (unpaired) electrons. The van der Waals surface area contributed by atoms with Gasteiger partial charge >= 0.3 is 0 Å². The zero-order valence-electron chi connectivity index (χ0n) is 14.1.